The van der Waals surface area contributed by atoms with Gasteiger partial charge in [-0.3, -0.25) is 0 Å². The third kappa shape index (κ3) is 5.48. The molecule has 1 saturated heterocycles. The van der Waals surface area contributed by atoms with E-state index in [9.17, 15) is 0 Å². The summed E-state index contributed by atoms with van der Waals surface area (Å²) >= 11 is 0. The van der Waals surface area contributed by atoms with Gasteiger partial charge < -0.3 is 21.2 Å². The Balaban J connectivity index is 2.17. The van der Waals surface area contributed by atoms with Gasteiger partial charge in [0.15, 0.2) is 0 Å². The maximum Gasteiger partial charge on any atom is 0.0278 e. The van der Waals surface area contributed by atoms with E-state index in [0.717, 1.165) is 52.4 Å². The van der Waals surface area contributed by atoms with Gasteiger partial charge in [0.25, 0.3) is 0 Å². The minimum absolute atomic E-state index is 0.804. The lowest BCUT2D eigenvalue weighted by molar-refractivity contribution is -0.0181. The molecule has 0 aromatic rings. The first-order valence-electron chi connectivity index (χ1n) is 5.20. The zero-order valence-electron chi connectivity index (χ0n) is 8.55. The zero-order valence-corrected chi connectivity index (χ0v) is 8.55. The van der Waals surface area contributed by atoms with Gasteiger partial charge in [-0.15, -0.1) is 5.59 Å². The summed E-state index contributed by atoms with van der Waals surface area (Å²) in [5.74, 6) is 0. The van der Waals surface area contributed by atoms with Crippen LogP contribution in [0.5, 0.6) is 0 Å². The minimum atomic E-state index is 0.804. The van der Waals surface area contributed by atoms with Gasteiger partial charge in [-0.1, -0.05) is 0 Å². The van der Waals surface area contributed by atoms with Crippen LogP contribution >= 0.6 is 0 Å². The van der Waals surface area contributed by atoms with E-state index in [1.807, 2.05) is 0 Å². The van der Waals surface area contributed by atoms with Crippen molar-refractivity contribution in [2.45, 2.75) is 0 Å². The van der Waals surface area contributed by atoms with Crippen LogP contribution in [-0.2, 0) is 0 Å². The van der Waals surface area contributed by atoms with Crippen LogP contribution in [0.3, 0.4) is 0 Å². The maximum atomic E-state index is 8.80. The topological polar surface area (TPSA) is 71.6 Å². The van der Waals surface area contributed by atoms with Crippen molar-refractivity contribution >= 4 is 0 Å². The Morgan fingerprint density at radius 1 is 0.786 bits per heavy atom. The SMILES string of the molecule is ONN1CCNCCNCCNCC1. The fourth-order valence-corrected chi connectivity index (χ4v) is 1.37. The van der Waals surface area contributed by atoms with Crippen LogP contribution < -0.4 is 21.5 Å². The Morgan fingerprint density at radius 3 is 1.64 bits per heavy atom. The molecule has 14 heavy (non-hydrogen) atoms. The molecular weight excluding hydrogens is 182 g/mol. The van der Waals surface area contributed by atoms with Crippen LogP contribution in [-0.4, -0.2) is 62.6 Å². The quantitative estimate of drug-likeness (QED) is 0.316. The molecule has 0 atom stereocenters. The van der Waals surface area contributed by atoms with Crippen molar-refractivity contribution in [3.63, 3.8) is 0 Å². The number of hydrogen-bond acceptors (Lipinski definition) is 6. The van der Waals surface area contributed by atoms with E-state index in [0.29, 0.717) is 0 Å². The lowest BCUT2D eigenvalue weighted by atomic mass is 10.4. The molecule has 1 heterocycles. The van der Waals surface area contributed by atoms with Crippen molar-refractivity contribution in [2.24, 2.45) is 0 Å². The summed E-state index contributed by atoms with van der Waals surface area (Å²) in [6.07, 6.45) is 0. The normalized spacial score (nSPS) is 23.8. The average Bonchev–Trinajstić information content (AvgIpc) is 2.19. The van der Waals surface area contributed by atoms with Crippen molar-refractivity contribution in [2.75, 3.05) is 52.4 Å². The van der Waals surface area contributed by atoms with Gasteiger partial charge >= 0.3 is 0 Å². The second kappa shape index (κ2) is 8.10. The summed E-state index contributed by atoms with van der Waals surface area (Å²) in [6.45, 7) is 7.31. The first-order chi connectivity index (χ1) is 6.93. The number of hydrazine groups is 1. The van der Waals surface area contributed by atoms with Crippen LogP contribution in [0.2, 0.25) is 0 Å². The molecule has 0 spiro atoms. The third-order valence-corrected chi connectivity index (χ3v) is 2.22. The highest BCUT2D eigenvalue weighted by atomic mass is 16.5. The molecule has 0 radical (unpaired) electrons. The smallest absolute Gasteiger partial charge is 0.0278 e. The van der Waals surface area contributed by atoms with E-state index in [4.69, 9.17) is 5.21 Å². The number of hydrogen-bond donors (Lipinski definition) is 5. The van der Waals surface area contributed by atoms with Crippen LogP contribution in [0.15, 0.2) is 0 Å². The van der Waals surface area contributed by atoms with Crippen molar-refractivity contribution in [3.8, 4) is 0 Å². The summed E-state index contributed by atoms with van der Waals surface area (Å²) in [7, 11) is 0. The van der Waals surface area contributed by atoms with Crippen LogP contribution in [0, 0.1) is 0 Å². The fraction of sp³-hybridized carbons (Fsp3) is 1.00. The van der Waals surface area contributed by atoms with Crippen molar-refractivity contribution < 1.29 is 5.21 Å². The van der Waals surface area contributed by atoms with Crippen molar-refractivity contribution in [1.82, 2.24) is 26.5 Å². The van der Waals surface area contributed by atoms with Crippen LogP contribution in [0.25, 0.3) is 0 Å². The molecule has 1 aliphatic heterocycles. The molecule has 0 amide bonds. The molecule has 0 aromatic carbocycles. The molecule has 1 fully saturated rings. The summed E-state index contributed by atoms with van der Waals surface area (Å²) in [5.41, 5.74) is 2.19. The Labute approximate surface area is 85.0 Å². The van der Waals surface area contributed by atoms with E-state index in [-0.39, 0.29) is 0 Å². The monoisotopic (exact) mass is 203 g/mol. The lowest BCUT2D eigenvalue weighted by Crippen LogP contribution is -2.46. The third-order valence-electron chi connectivity index (χ3n) is 2.22. The Morgan fingerprint density at radius 2 is 1.21 bits per heavy atom. The molecule has 0 unspecified atom stereocenters. The molecule has 0 aliphatic carbocycles. The van der Waals surface area contributed by atoms with E-state index in [1.54, 1.807) is 5.01 Å². The highest BCUT2D eigenvalue weighted by Gasteiger charge is 2.02. The molecule has 5 N–H and O–H groups in total. The Bertz CT molecular complexity index is 123. The summed E-state index contributed by atoms with van der Waals surface area (Å²) in [4.78, 5) is 0. The van der Waals surface area contributed by atoms with Crippen LogP contribution in [0.1, 0.15) is 0 Å². The summed E-state index contributed by atoms with van der Waals surface area (Å²) < 4.78 is 0. The Kier molecular flexibility index (Phi) is 6.85. The van der Waals surface area contributed by atoms with Gasteiger partial charge in [0.05, 0.1) is 0 Å². The highest BCUT2D eigenvalue weighted by molar-refractivity contribution is 4.60. The molecule has 0 saturated carbocycles. The molecule has 6 nitrogen and oxygen atoms in total. The van der Waals surface area contributed by atoms with Gasteiger partial charge in [-0.2, -0.15) is 0 Å². The summed E-state index contributed by atoms with van der Waals surface area (Å²) in [5, 5.41) is 20.5. The van der Waals surface area contributed by atoms with E-state index >= 15 is 0 Å². The minimum Gasteiger partial charge on any atom is -0.314 e. The average molecular weight is 203 g/mol. The number of rotatable bonds is 1. The predicted molar refractivity (Wildman–Crippen MR) is 55.1 cm³/mol. The molecule has 0 aromatic heterocycles. The van der Waals surface area contributed by atoms with Crippen molar-refractivity contribution in [3.05, 3.63) is 0 Å². The molecule has 84 valence electrons. The van der Waals surface area contributed by atoms with Gasteiger partial charge in [-0.25, -0.2) is 5.01 Å². The van der Waals surface area contributed by atoms with E-state index in [2.05, 4.69) is 21.5 Å². The maximum absolute atomic E-state index is 8.80. The lowest BCUT2D eigenvalue weighted by Gasteiger charge is -2.21. The fourth-order valence-electron chi connectivity index (χ4n) is 1.37. The number of nitrogens with zero attached hydrogens (tertiary/aromatic N) is 1. The second-order valence-corrected chi connectivity index (χ2v) is 3.34. The largest absolute Gasteiger partial charge is 0.314 e. The highest BCUT2D eigenvalue weighted by Crippen LogP contribution is 1.79. The van der Waals surface area contributed by atoms with Gasteiger partial charge in [0.1, 0.15) is 0 Å². The molecular formula is C8H21N5O. The van der Waals surface area contributed by atoms with E-state index in [1.165, 1.54) is 0 Å². The van der Waals surface area contributed by atoms with Crippen molar-refractivity contribution in [1.29, 1.82) is 0 Å². The zero-order chi connectivity index (χ0) is 10.1. The standard InChI is InChI=1S/C8H21N5O/c14-12-13-7-5-10-3-1-9-2-4-11-6-8-13/h9-12,14H,1-8H2. The molecule has 0 bridgehead atoms. The van der Waals surface area contributed by atoms with Gasteiger partial charge in [-0.05, 0) is 0 Å². The Hall–Kier alpha value is -0.240. The predicted octanol–water partition coefficient (Wildman–Crippen LogP) is -2.04. The van der Waals surface area contributed by atoms with Gasteiger partial charge in [0, 0.05) is 52.4 Å². The number of nitrogens with one attached hydrogen (secondary N) is 4. The van der Waals surface area contributed by atoms with Gasteiger partial charge in [0.2, 0.25) is 0 Å². The molecule has 1 rings (SSSR count). The first kappa shape index (κ1) is 11.8. The summed E-state index contributed by atoms with van der Waals surface area (Å²) in [6, 6.07) is 0. The molecule has 1 aliphatic rings. The molecule has 6 heteroatoms. The van der Waals surface area contributed by atoms with Crippen LogP contribution in [0.4, 0.5) is 0 Å². The first-order valence-corrected chi connectivity index (χ1v) is 5.20. The van der Waals surface area contributed by atoms with E-state index < -0.39 is 0 Å². The second-order valence-electron chi connectivity index (χ2n) is 3.34.